The van der Waals surface area contributed by atoms with E-state index in [1.807, 2.05) is 68.3 Å². The van der Waals surface area contributed by atoms with Gasteiger partial charge in [-0.15, -0.1) is 4.68 Å². The summed E-state index contributed by atoms with van der Waals surface area (Å²) in [6.45, 7) is 0.240. The van der Waals surface area contributed by atoms with Crippen LogP contribution in [0.2, 0.25) is 5.15 Å². The molecule has 8 nitrogen and oxygen atoms in total. The smallest absolute Gasteiger partial charge is 0.365 e. The molecule has 0 aliphatic carbocycles. The Kier molecular flexibility index (Phi) is 8.08. The average Bonchev–Trinajstić information content (AvgIpc) is 3.07. The van der Waals surface area contributed by atoms with Gasteiger partial charge in [0.15, 0.2) is 17.4 Å². The third-order valence-electron chi connectivity index (χ3n) is 4.00. The molecule has 3 rings (SSSR count). The van der Waals surface area contributed by atoms with Crippen molar-refractivity contribution in [1.29, 1.82) is 0 Å². The van der Waals surface area contributed by atoms with Crippen molar-refractivity contribution in [1.82, 2.24) is 14.9 Å². The molecular formula is C20H22BrClN6O2. The zero-order valence-corrected chi connectivity index (χ0v) is 19.4. The molecule has 0 atom stereocenters. The predicted molar refractivity (Wildman–Crippen MR) is 111 cm³/mol. The maximum absolute atomic E-state index is 12.5. The summed E-state index contributed by atoms with van der Waals surface area (Å²) >= 11 is 6.09. The van der Waals surface area contributed by atoms with Crippen LogP contribution in [0.1, 0.15) is 5.56 Å². The van der Waals surface area contributed by atoms with E-state index in [0.717, 1.165) is 5.56 Å². The zero-order chi connectivity index (χ0) is 21.0. The minimum Gasteiger partial charge on any atom is -1.00 e. The van der Waals surface area contributed by atoms with Gasteiger partial charge in [-0.2, -0.15) is 0 Å². The number of allylic oxidation sites excluding steroid dienone is 1. The molecule has 0 saturated carbocycles. The zero-order valence-electron chi connectivity index (χ0n) is 17.1. The number of benzene rings is 1. The molecule has 0 spiro atoms. The molecule has 0 bridgehead atoms. The minimum absolute atomic E-state index is 0. The third kappa shape index (κ3) is 5.64. The van der Waals surface area contributed by atoms with E-state index in [0.29, 0.717) is 16.7 Å². The Morgan fingerprint density at radius 3 is 2.50 bits per heavy atom. The summed E-state index contributed by atoms with van der Waals surface area (Å²) in [4.78, 5) is 25.0. The lowest BCUT2D eigenvalue weighted by Crippen LogP contribution is -3.00. The van der Waals surface area contributed by atoms with Gasteiger partial charge in [-0.05, 0) is 23.2 Å². The van der Waals surface area contributed by atoms with Crippen molar-refractivity contribution in [3.8, 4) is 0 Å². The van der Waals surface area contributed by atoms with Crippen molar-refractivity contribution >= 4 is 35.6 Å². The van der Waals surface area contributed by atoms with Gasteiger partial charge >= 0.3 is 11.8 Å². The second kappa shape index (κ2) is 10.3. The molecule has 0 fully saturated rings. The molecule has 0 saturated heterocycles. The summed E-state index contributed by atoms with van der Waals surface area (Å²) in [7, 11) is 7.41. The molecule has 0 radical (unpaired) electrons. The Hall–Kier alpha value is -2.78. The molecule has 0 N–H and O–H groups in total. The fourth-order valence-corrected chi connectivity index (χ4v) is 2.75. The number of hydrogen-bond acceptors (Lipinski definition) is 6. The maximum atomic E-state index is 12.5. The number of rotatable bonds is 6. The average molecular weight is 494 g/mol. The first-order chi connectivity index (χ1) is 13.8. The van der Waals surface area contributed by atoms with E-state index < -0.39 is 5.97 Å². The number of halogens is 2. The fourth-order valence-electron chi connectivity index (χ4n) is 2.59. The molecule has 0 amide bonds. The van der Waals surface area contributed by atoms with E-state index in [4.69, 9.17) is 16.3 Å². The summed E-state index contributed by atoms with van der Waals surface area (Å²) < 4.78 is 7.02. The summed E-state index contributed by atoms with van der Waals surface area (Å²) in [6.07, 6.45) is 1.67. The van der Waals surface area contributed by atoms with Gasteiger partial charge in [0.1, 0.15) is 0 Å². The number of aliphatic imine (C=N–C) groups is 2. The maximum Gasteiger partial charge on any atom is 0.365 e. The number of carbonyl (C=O) groups excluding carboxylic acids is 1. The van der Waals surface area contributed by atoms with E-state index in [1.54, 1.807) is 23.2 Å². The van der Waals surface area contributed by atoms with Gasteiger partial charge in [0.05, 0.1) is 5.70 Å². The summed E-state index contributed by atoms with van der Waals surface area (Å²) in [5, 5.41) is 4.65. The highest BCUT2D eigenvalue weighted by Gasteiger charge is 2.30. The summed E-state index contributed by atoms with van der Waals surface area (Å²) in [5.41, 5.74) is 1.59. The van der Waals surface area contributed by atoms with Crippen LogP contribution in [0.3, 0.4) is 0 Å². The van der Waals surface area contributed by atoms with Crippen LogP contribution in [0.25, 0.3) is 0 Å². The lowest BCUT2D eigenvalue weighted by Gasteiger charge is -2.16. The number of cyclic esters (lactones) is 1. The number of aromatic nitrogens is 2. The summed E-state index contributed by atoms with van der Waals surface area (Å²) in [5.74, 6) is 0.357. The first-order valence-electron chi connectivity index (χ1n) is 8.89. The molecule has 30 heavy (non-hydrogen) atoms. The highest BCUT2D eigenvalue weighted by atomic mass is 79.9. The van der Waals surface area contributed by atoms with Crippen molar-refractivity contribution in [3.05, 3.63) is 64.6 Å². The van der Waals surface area contributed by atoms with Crippen molar-refractivity contribution in [2.45, 2.75) is 6.54 Å². The van der Waals surface area contributed by atoms with Crippen LogP contribution in [-0.4, -0.2) is 61.3 Å². The molecule has 2 aromatic rings. The van der Waals surface area contributed by atoms with Crippen molar-refractivity contribution in [2.24, 2.45) is 9.98 Å². The quantitative estimate of drug-likeness (QED) is 0.170. The van der Waals surface area contributed by atoms with Crippen LogP contribution in [0, 0.1) is 0 Å². The Balaban J connectivity index is 0.00000320. The number of hydrogen-bond donors (Lipinski definition) is 0. The van der Waals surface area contributed by atoms with Crippen molar-refractivity contribution in [3.63, 3.8) is 0 Å². The van der Waals surface area contributed by atoms with Crippen LogP contribution >= 0.6 is 11.6 Å². The van der Waals surface area contributed by atoms with Gasteiger partial charge in [0, 0.05) is 39.8 Å². The molecular weight excluding hydrogens is 472 g/mol. The molecule has 1 aliphatic heterocycles. The number of nitrogens with zero attached hydrogens (tertiary/aromatic N) is 6. The normalized spacial score (nSPS) is 14.8. The topological polar surface area (TPSA) is 74.3 Å². The lowest BCUT2D eigenvalue weighted by atomic mass is 10.2. The molecule has 1 aromatic heterocycles. The van der Waals surface area contributed by atoms with E-state index >= 15 is 0 Å². The first-order valence-corrected chi connectivity index (χ1v) is 9.27. The van der Waals surface area contributed by atoms with Crippen molar-refractivity contribution < 1.29 is 31.2 Å². The second-order valence-electron chi connectivity index (χ2n) is 6.74. The Morgan fingerprint density at radius 1 is 1.17 bits per heavy atom. The second-order valence-corrected chi connectivity index (χ2v) is 7.13. The summed E-state index contributed by atoms with van der Waals surface area (Å²) in [6, 6.07) is 12.7. The van der Waals surface area contributed by atoms with Crippen LogP contribution in [0.5, 0.6) is 0 Å². The van der Waals surface area contributed by atoms with Crippen LogP contribution in [0.15, 0.2) is 63.8 Å². The van der Waals surface area contributed by atoms with Gasteiger partial charge in [-0.25, -0.2) is 9.79 Å². The van der Waals surface area contributed by atoms with E-state index in [1.165, 1.54) is 0 Å². The minimum atomic E-state index is -0.506. The standard InChI is InChI=1S/C20H22ClN6O2.BrH/c1-25(2)13-22-17-11-10-16(21)24-27(17)12-15(26(3)4)18-20(28)29-19(23-18)14-8-6-5-7-9-14;/h5-11,13H,12H2,1-4H3;1H/q+1;/p-1/b18-15-;. The van der Waals surface area contributed by atoms with Gasteiger partial charge in [0.2, 0.25) is 12.2 Å². The van der Waals surface area contributed by atoms with Gasteiger partial charge in [-0.1, -0.05) is 34.9 Å². The number of esters is 1. The molecule has 1 aliphatic rings. The number of likely N-dealkylation sites (N-methyl/N-ethyl adjacent to an activating group) is 1. The van der Waals surface area contributed by atoms with Crippen molar-refractivity contribution in [2.75, 3.05) is 28.2 Å². The largest absolute Gasteiger partial charge is 1.00 e. The van der Waals surface area contributed by atoms with Crippen LogP contribution in [0.4, 0.5) is 5.82 Å². The molecule has 158 valence electrons. The SMILES string of the molecule is CN(C)C=Nc1ccc(Cl)n[n+]1C/C(=C1/N=C(c2ccccc2)OC1=O)N(C)C.[Br-]. The highest BCUT2D eigenvalue weighted by Crippen LogP contribution is 2.21. The number of carbonyl (C=O) groups is 1. The molecule has 0 unspecified atom stereocenters. The fraction of sp³-hybridized carbons (Fsp3) is 0.250. The molecule has 1 aromatic carbocycles. The van der Waals surface area contributed by atoms with E-state index in [2.05, 4.69) is 15.1 Å². The van der Waals surface area contributed by atoms with Gasteiger partial charge in [0.25, 0.3) is 0 Å². The van der Waals surface area contributed by atoms with Gasteiger partial charge < -0.3 is 31.5 Å². The molecule has 10 heteroatoms. The third-order valence-corrected chi connectivity index (χ3v) is 4.20. The van der Waals surface area contributed by atoms with E-state index in [9.17, 15) is 4.79 Å². The van der Waals surface area contributed by atoms with E-state index in [-0.39, 0.29) is 35.1 Å². The lowest BCUT2D eigenvalue weighted by molar-refractivity contribution is -0.735. The van der Waals surface area contributed by atoms with Crippen LogP contribution in [-0.2, 0) is 16.1 Å². The Bertz CT molecular complexity index is 1010. The van der Waals surface area contributed by atoms with Gasteiger partial charge in [-0.3, -0.25) is 0 Å². The Labute approximate surface area is 190 Å². The highest BCUT2D eigenvalue weighted by molar-refractivity contribution is 6.29. The molecule has 2 heterocycles. The monoisotopic (exact) mass is 492 g/mol. The number of ether oxygens (including phenoxy) is 1. The van der Waals surface area contributed by atoms with Crippen LogP contribution < -0.4 is 21.7 Å². The predicted octanol–water partition coefficient (Wildman–Crippen LogP) is -0.975. The first kappa shape index (κ1) is 23.5. The Morgan fingerprint density at radius 2 is 1.87 bits per heavy atom.